The molecule has 0 bridgehead atoms. The fourth-order valence-electron chi connectivity index (χ4n) is 4.98. The Morgan fingerprint density at radius 2 is 2.00 bits per heavy atom. The molecule has 208 valence electrons. The summed E-state index contributed by atoms with van der Waals surface area (Å²) in [6.07, 6.45) is 1.60. The van der Waals surface area contributed by atoms with Gasteiger partial charge in [-0.2, -0.15) is 0 Å². The number of ether oxygens (including phenoxy) is 3. The highest BCUT2D eigenvalue weighted by molar-refractivity contribution is 7.07. The highest BCUT2D eigenvalue weighted by atomic mass is 32.1. The molecule has 2 aliphatic heterocycles. The van der Waals surface area contributed by atoms with Gasteiger partial charge in [-0.05, 0) is 50.6 Å². The Labute approximate surface area is 236 Å². The zero-order valence-corrected chi connectivity index (χ0v) is 23.0. The molecular weight excluding hydrogens is 550 g/mol. The van der Waals surface area contributed by atoms with Crippen LogP contribution >= 0.6 is 11.3 Å². The first kappa shape index (κ1) is 26.3. The average molecular weight is 574 g/mol. The minimum absolute atomic E-state index is 0.00921. The van der Waals surface area contributed by atoms with Gasteiger partial charge < -0.3 is 18.6 Å². The van der Waals surface area contributed by atoms with Crippen molar-refractivity contribution in [1.29, 1.82) is 0 Å². The van der Waals surface area contributed by atoms with Crippen LogP contribution in [0.4, 0.5) is 5.69 Å². The van der Waals surface area contributed by atoms with Crippen molar-refractivity contribution < 1.29 is 28.3 Å². The number of carbonyl (C=O) groups is 1. The second-order valence-corrected chi connectivity index (χ2v) is 10.3. The fourth-order valence-corrected chi connectivity index (χ4v) is 6.01. The van der Waals surface area contributed by atoms with Gasteiger partial charge in [0.05, 0.1) is 33.4 Å². The predicted octanol–water partition coefficient (Wildman–Crippen LogP) is 4.00. The van der Waals surface area contributed by atoms with Crippen LogP contribution in [0.2, 0.25) is 0 Å². The number of fused-ring (bicyclic) bond motifs is 2. The van der Waals surface area contributed by atoms with E-state index in [1.54, 1.807) is 69.3 Å². The van der Waals surface area contributed by atoms with Gasteiger partial charge in [0.2, 0.25) is 6.79 Å². The summed E-state index contributed by atoms with van der Waals surface area (Å²) in [7, 11) is 0. The summed E-state index contributed by atoms with van der Waals surface area (Å²) in [5.74, 6) is 1.35. The first-order chi connectivity index (χ1) is 19.8. The van der Waals surface area contributed by atoms with Crippen molar-refractivity contribution in [2.45, 2.75) is 26.8 Å². The molecule has 2 aromatic carbocycles. The predicted molar refractivity (Wildman–Crippen MR) is 148 cm³/mol. The normalized spacial score (nSPS) is 16.0. The molecule has 0 radical (unpaired) electrons. The lowest BCUT2D eigenvalue weighted by atomic mass is 9.95. The van der Waals surface area contributed by atoms with Crippen molar-refractivity contribution in [3.8, 4) is 22.8 Å². The number of esters is 1. The van der Waals surface area contributed by atoms with E-state index in [0.717, 1.165) is 11.3 Å². The van der Waals surface area contributed by atoms with E-state index in [0.29, 0.717) is 54.7 Å². The maximum Gasteiger partial charge on any atom is 0.338 e. The Kier molecular flexibility index (Phi) is 6.54. The first-order valence-electron chi connectivity index (χ1n) is 12.7. The van der Waals surface area contributed by atoms with E-state index in [1.165, 1.54) is 10.6 Å². The third-order valence-electron chi connectivity index (χ3n) is 6.90. The molecule has 0 saturated carbocycles. The van der Waals surface area contributed by atoms with E-state index in [2.05, 4.69) is 4.99 Å². The summed E-state index contributed by atoms with van der Waals surface area (Å²) in [5.41, 5.74) is 2.02. The molecule has 0 amide bonds. The summed E-state index contributed by atoms with van der Waals surface area (Å²) < 4.78 is 24.1. The van der Waals surface area contributed by atoms with E-state index in [-0.39, 0.29) is 30.2 Å². The van der Waals surface area contributed by atoms with Crippen LogP contribution in [0.25, 0.3) is 17.4 Å². The Hall–Kier alpha value is -4.97. The summed E-state index contributed by atoms with van der Waals surface area (Å²) in [6, 6.07) is 12.6. The second kappa shape index (κ2) is 10.2. The Bertz CT molecular complexity index is 1950. The van der Waals surface area contributed by atoms with Crippen molar-refractivity contribution in [2.24, 2.45) is 4.99 Å². The van der Waals surface area contributed by atoms with Crippen LogP contribution in [0.3, 0.4) is 0 Å². The van der Waals surface area contributed by atoms with Gasteiger partial charge in [-0.15, -0.1) is 0 Å². The molecule has 1 unspecified atom stereocenters. The molecule has 4 heterocycles. The number of hydrogen-bond acceptors (Lipinski definition) is 10. The lowest BCUT2D eigenvalue weighted by Gasteiger charge is -2.24. The number of rotatable bonds is 6. The molecule has 2 aromatic heterocycles. The third-order valence-corrected chi connectivity index (χ3v) is 7.88. The molecule has 11 nitrogen and oxygen atoms in total. The lowest BCUT2D eigenvalue weighted by molar-refractivity contribution is -0.385. The molecular formula is C29H23N3O8S. The van der Waals surface area contributed by atoms with Gasteiger partial charge in [0.25, 0.3) is 11.2 Å². The maximum atomic E-state index is 13.9. The molecule has 12 heteroatoms. The van der Waals surface area contributed by atoms with Gasteiger partial charge in [-0.25, -0.2) is 9.79 Å². The van der Waals surface area contributed by atoms with Crippen LogP contribution in [0, 0.1) is 17.0 Å². The topological polar surface area (TPSA) is 135 Å². The van der Waals surface area contributed by atoms with Gasteiger partial charge >= 0.3 is 5.97 Å². The second-order valence-electron chi connectivity index (χ2n) is 9.32. The van der Waals surface area contributed by atoms with E-state index >= 15 is 0 Å². The van der Waals surface area contributed by atoms with Crippen LogP contribution in [-0.4, -0.2) is 28.9 Å². The Morgan fingerprint density at radius 3 is 2.78 bits per heavy atom. The fraction of sp³-hybridized carbons (Fsp3) is 0.207. The van der Waals surface area contributed by atoms with Gasteiger partial charge in [0.15, 0.2) is 16.3 Å². The number of carbonyl (C=O) groups excluding carboxylic acids is 1. The van der Waals surface area contributed by atoms with Crippen molar-refractivity contribution in [2.75, 3.05) is 13.4 Å². The van der Waals surface area contributed by atoms with Crippen molar-refractivity contribution in [1.82, 2.24) is 4.57 Å². The van der Waals surface area contributed by atoms with Gasteiger partial charge in [0, 0.05) is 23.3 Å². The minimum atomic E-state index is -0.804. The number of allylic oxidation sites excluding steroid dienone is 1. The highest BCUT2D eigenvalue weighted by Gasteiger charge is 2.34. The van der Waals surface area contributed by atoms with Crippen LogP contribution in [-0.2, 0) is 9.53 Å². The smallest absolute Gasteiger partial charge is 0.338 e. The molecule has 0 spiro atoms. The molecule has 4 aromatic rings. The quantitative estimate of drug-likeness (QED) is 0.192. The molecule has 41 heavy (non-hydrogen) atoms. The molecule has 1 atom stereocenters. The monoisotopic (exact) mass is 573 g/mol. The first-order valence-corrected chi connectivity index (χ1v) is 13.5. The largest absolute Gasteiger partial charge is 0.463 e. The highest BCUT2D eigenvalue weighted by Crippen LogP contribution is 2.38. The van der Waals surface area contributed by atoms with Crippen molar-refractivity contribution in [3.05, 3.63) is 106 Å². The molecule has 0 N–H and O–H groups in total. The number of furan rings is 1. The SMILES string of the molecule is CCOC(=O)C1=C(C)N=c2s/c(=C/c3ccc(-c4cccc([N+](=O)[O-])c4C)o3)c(=O)n2C1c1ccc2c(c1)OCO2. The number of benzene rings is 2. The zero-order chi connectivity index (χ0) is 28.8. The number of nitro benzene ring substituents is 1. The summed E-state index contributed by atoms with van der Waals surface area (Å²) in [5, 5.41) is 11.4. The van der Waals surface area contributed by atoms with E-state index < -0.39 is 16.9 Å². The third kappa shape index (κ3) is 4.51. The number of thiazole rings is 1. The van der Waals surface area contributed by atoms with Gasteiger partial charge in [0.1, 0.15) is 11.5 Å². The van der Waals surface area contributed by atoms with Crippen LogP contribution < -0.4 is 24.4 Å². The number of nitro groups is 1. The van der Waals surface area contributed by atoms with Crippen LogP contribution in [0.1, 0.15) is 36.8 Å². The van der Waals surface area contributed by atoms with Gasteiger partial charge in [-0.3, -0.25) is 19.5 Å². The minimum Gasteiger partial charge on any atom is -0.463 e. The van der Waals surface area contributed by atoms with Gasteiger partial charge in [-0.1, -0.05) is 29.5 Å². The van der Waals surface area contributed by atoms with E-state index in [4.69, 9.17) is 18.6 Å². The van der Waals surface area contributed by atoms with E-state index in [9.17, 15) is 19.7 Å². The zero-order valence-electron chi connectivity index (χ0n) is 22.2. The molecule has 6 rings (SSSR count). The summed E-state index contributed by atoms with van der Waals surface area (Å²) >= 11 is 1.16. The van der Waals surface area contributed by atoms with Crippen LogP contribution in [0.5, 0.6) is 11.5 Å². The number of nitrogens with zero attached hydrogens (tertiary/aromatic N) is 3. The van der Waals surface area contributed by atoms with Crippen molar-refractivity contribution >= 4 is 29.1 Å². The number of aromatic nitrogens is 1. The maximum absolute atomic E-state index is 13.9. The molecule has 0 saturated heterocycles. The molecule has 2 aliphatic rings. The van der Waals surface area contributed by atoms with Crippen molar-refractivity contribution in [3.63, 3.8) is 0 Å². The average Bonchev–Trinajstić information content (AvgIpc) is 3.67. The summed E-state index contributed by atoms with van der Waals surface area (Å²) in [6.45, 7) is 5.34. The molecule has 0 aliphatic carbocycles. The van der Waals surface area contributed by atoms with Crippen LogP contribution in [0.15, 0.2) is 74.0 Å². The lowest BCUT2D eigenvalue weighted by Crippen LogP contribution is -2.39. The Morgan fingerprint density at radius 1 is 1.20 bits per heavy atom. The molecule has 0 fully saturated rings. The Balaban J connectivity index is 1.47. The van der Waals surface area contributed by atoms with E-state index in [1.807, 2.05) is 0 Å². The number of hydrogen-bond donors (Lipinski definition) is 0. The summed E-state index contributed by atoms with van der Waals surface area (Å²) in [4.78, 5) is 42.9. The standard InChI is InChI=1S/C29H23N3O8S/c1-4-37-28(34)25-16(3)30-29-31(26(25)17-8-10-22-23(12-17)39-14-38-22)27(33)24(41-29)13-18-9-11-21(40-18)19-6-5-7-20(15(19)2)32(35)36/h5-13,26H,4,14H2,1-3H3/b24-13+.